The molecule has 0 saturated heterocycles. The molecule has 0 radical (unpaired) electrons. The Kier molecular flexibility index (Phi) is 7.66. The quantitative estimate of drug-likeness (QED) is 0.696. The van der Waals surface area contributed by atoms with Gasteiger partial charge in [0.25, 0.3) is 0 Å². The summed E-state index contributed by atoms with van der Waals surface area (Å²) in [5, 5.41) is 3.58. The van der Waals surface area contributed by atoms with Gasteiger partial charge in [-0.3, -0.25) is 0 Å². The summed E-state index contributed by atoms with van der Waals surface area (Å²) in [5.41, 5.74) is 0. The molecule has 2 nitrogen and oxygen atoms in total. The maximum atomic E-state index is 5.31. The molecular weight excluding hydrogens is 206 g/mol. The van der Waals surface area contributed by atoms with Crippen LogP contribution in [0.3, 0.4) is 0 Å². The number of methoxy groups -OCH3 is 1. The lowest BCUT2D eigenvalue weighted by Crippen LogP contribution is -2.45. The molecule has 3 heteroatoms. The van der Waals surface area contributed by atoms with Crippen molar-refractivity contribution in [1.82, 2.24) is 5.32 Å². The first kappa shape index (κ1) is 15.3. The van der Waals surface area contributed by atoms with Crippen LogP contribution in [0.4, 0.5) is 0 Å². The van der Waals surface area contributed by atoms with Crippen LogP contribution in [0.1, 0.15) is 40.5 Å². The number of thioether (sulfide) groups is 1. The Morgan fingerprint density at radius 1 is 1.27 bits per heavy atom. The lowest BCUT2D eigenvalue weighted by molar-refractivity contribution is 0.0877. The van der Waals surface area contributed by atoms with Crippen molar-refractivity contribution in [2.24, 2.45) is 0 Å². The number of hydrogen-bond acceptors (Lipinski definition) is 3. The van der Waals surface area contributed by atoms with Crippen LogP contribution >= 0.6 is 11.8 Å². The zero-order chi connectivity index (χ0) is 11.9. The maximum absolute atomic E-state index is 5.31. The summed E-state index contributed by atoms with van der Waals surface area (Å²) < 4.78 is 5.70. The molecule has 92 valence electrons. The minimum absolute atomic E-state index is 0.276. The van der Waals surface area contributed by atoms with Crippen LogP contribution in [0, 0.1) is 0 Å². The molecule has 0 fully saturated rings. The van der Waals surface area contributed by atoms with Gasteiger partial charge in [0.2, 0.25) is 0 Å². The first-order valence-corrected chi connectivity index (χ1v) is 7.09. The second-order valence-corrected chi connectivity index (χ2v) is 5.48. The van der Waals surface area contributed by atoms with Crippen molar-refractivity contribution in [3.8, 4) is 0 Å². The lowest BCUT2D eigenvalue weighted by Gasteiger charge is -2.32. The van der Waals surface area contributed by atoms with Crippen molar-refractivity contribution in [2.75, 3.05) is 19.9 Å². The number of rotatable bonds is 8. The topological polar surface area (TPSA) is 21.3 Å². The van der Waals surface area contributed by atoms with E-state index in [1.807, 2.05) is 11.8 Å². The van der Waals surface area contributed by atoms with Gasteiger partial charge in [-0.2, -0.15) is 11.8 Å². The minimum atomic E-state index is 0.276. The molecule has 0 aliphatic heterocycles. The highest BCUT2D eigenvalue weighted by molar-refractivity contribution is 8.00. The van der Waals surface area contributed by atoms with Crippen LogP contribution in [0.2, 0.25) is 0 Å². The lowest BCUT2D eigenvalue weighted by atomic mass is 10.0. The Bertz CT molecular complexity index is 151. The summed E-state index contributed by atoms with van der Waals surface area (Å²) in [6.45, 7) is 9.90. The van der Waals surface area contributed by atoms with Crippen molar-refractivity contribution in [3.05, 3.63) is 0 Å². The Labute approximate surface area is 99.5 Å². The molecule has 0 aliphatic carbocycles. The summed E-state index contributed by atoms with van der Waals surface area (Å²) >= 11 is 1.98. The average Bonchev–Trinajstić information content (AvgIpc) is 2.30. The Morgan fingerprint density at radius 3 is 2.13 bits per heavy atom. The van der Waals surface area contributed by atoms with E-state index in [1.54, 1.807) is 7.11 Å². The number of hydrogen-bond donors (Lipinski definition) is 1. The molecule has 0 aromatic carbocycles. The summed E-state index contributed by atoms with van der Waals surface area (Å²) in [6, 6.07) is 0.416. The van der Waals surface area contributed by atoms with E-state index in [1.165, 1.54) is 12.8 Å². The van der Waals surface area contributed by atoms with Crippen molar-refractivity contribution >= 4 is 11.8 Å². The largest absolute Gasteiger partial charge is 0.380 e. The third-order valence-corrected chi connectivity index (χ3v) is 5.13. The molecule has 0 aliphatic rings. The molecule has 0 bridgehead atoms. The van der Waals surface area contributed by atoms with Crippen LogP contribution in [-0.4, -0.2) is 36.8 Å². The summed E-state index contributed by atoms with van der Waals surface area (Å²) in [6.07, 6.45) is 4.91. The SMILES string of the molecule is CCC(CC)(CNC(C)C(C)OC)SC. The number of ether oxygens (including phenoxy) is 1. The normalized spacial score (nSPS) is 16.4. The smallest absolute Gasteiger partial charge is 0.0693 e. The molecule has 0 aromatic rings. The summed E-state index contributed by atoms with van der Waals surface area (Å²) in [5.74, 6) is 0. The van der Waals surface area contributed by atoms with Gasteiger partial charge in [-0.1, -0.05) is 13.8 Å². The van der Waals surface area contributed by atoms with Gasteiger partial charge in [0, 0.05) is 24.4 Å². The third-order valence-electron chi connectivity index (χ3n) is 3.54. The fraction of sp³-hybridized carbons (Fsp3) is 1.00. The van der Waals surface area contributed by atoms with E-state index >= 15 is 0 Å². The summed E-state index contributed by atoms with van der Waals surface area (Å²) in [7, 11) is 1.77. The van der Waals surface area contributed by atoms with E-state index in [-0.39, 0.29) is 6.10 Å². The van der Waals surface area contributed by atoms with Crippen molar-refractivity contribution in [2.45, 2.75) is 57.4 Å². The molecule has 2 atom stereocenters. The molecule has 1 N–H and O–H groups in total. The first-order valence-electron chi connectivity index (χ1n) is 5.86. The van der Waals surface area contributed by atoms with Gasteiger partial charge in [-0.05, 0) is 32.9 Å². The van der Waals surface area contributed by atoms with Gasteiger partial charge in [0.05, 0.1) is 6.10 Å². The minimum Gasteiger partial charge on any atom is -0.380 e. The molecule has 2 unspecified atom stereocenters. The predicted molar refractivity (Wildman–Crippen MR) is 70.8 cm³/mol. The molecule has 0 heterocycles. The first-order chi connectivity index (χ1) is 7.05. The van der Waals surface area contributed by atoms with Gasteiger partial charge in [0.1, 0.15) is 0 Å². The molecular formula is C12H27NOS. The number of nitrogens with one attached hydrogen (secondary N) is 1. The van der Waals surface area contributed by atoms with E-state index in [9.17, 15) is 0 Å². The van der Waals surface area contributed by atoms with E-state index < -0.39 is 0 Å². The predicted octanol–water partition coefficient (Wildman–Crippen LogP) is 2.92. The van der Waals surface area contributed by atoms with Crippen LogP contribution in [0.25, 0.3) is 0 Å². The van der Waals surface area contributed by atoms with Gasteiger partial charge >= 0.3 is 0 Å². The van der Waals surface area contributed by atoms with E-state index in [2.05, 4.69) is 39.3 Å². The van der Waals surface area contributed by atoms with Crippen LogP contribution in [0.15, 0.2) is 0 Å². The van der Waals surface area contributed by atoms with E-state index in [4.69, 9.17) is 4.74 Å². The standard InChI is InChI=1S/C12H27NOS/c1-7-12(8-2,15-6)9-13-10(3)11(4)14-5/h10-11,13H,7-9H2,1-6H3. The van der Waals surface area contributed by atoms with Crippen LogP contribution in [0.5, 0.6) is 0 Å². The fourth-order valence-electron chi connectivity index (χ4n) is 1.58. The monoisotopic (exact) mass is 233 g/mol. The van der Waals surface area contributed by atoms with Crippen molar-refractivity contribution in [3.63, 3.8) is 0 Å². The highest BCUT2D eigenvalue weighted by Gasteiger charge is 2.25. The Balaban J connectivity index is 4.10. The third kappa shape index (κ3) is 4.75. The van der Waals surface area contributed by atoms with Gasteiger partial charge in [-0.25, -0.2) is 0 Å². The molecule has 0 amide bonds. The summed E-state index contributed by atoms with van der Waals surface area (Å²) in [4.78, 5) is 0. The highest BCUT2D eigenvalue weighted by Crippen LogP contribution is 2.29. The van der Waals surface area contributed by atoms with Gasteiger partial charge < -0.3 is 10.1 Å². The van der Waals surface area contributed by atoms with Crippen LogP contribution in [-0.2, 0) is 4.74 Å². The zero-order valence-corrected chi connectivity index (χ0v) is 11.9. The zero-order valence-electron chi connectivity index (χ0n) is 11.1. The molecule has 0 spiro atoms. The van der Waals surface area contributed by atoms with Crippen molar-refractivity contribution in [1.29, 1.82) is 0 Å². The molecule has 0 aromatic heterocycles. The Hall–Kier alpha value is 0.270. The second-order valence-electron chi connectivity index (χ2n) is 4.20. The Morgan fingerprint density at radius 2 is 1.80 bits per heavy atom. The van der Waals surface area contributed by atoms with Gasteiger partial charge in [-0.15, -0.1) is 0 Å². The fourth-order valence-corrected chi connectivity index (χ4v) is 2.38. The maximum Gasteiger partial charge on any atom is 0.0693 e. The second kappa shape index (κ2) is 7.53. The highest BCUT2D eigenvalue weighted by atomic mass is 32.2. The molecule has 0 saturated carbocycles. The van der Waals surface area contributed by atoms with E-state index in [0.717, 1.165) is 6.54 Å². The average molecular weight is 233 g/mol. The molecule has 0 rings (SSSR count). The molecule has 15 heavy (non-hydrogen) atoms. The van der Waals surface area contributed by atoms with E-state index in [0.29, 0.717) is 10.8 Å². The van der Waals surface area contributed by atoms with Crippen molar-refractivity contribution < 1.29 is 4.74 Å². The van der Waals surface area contributed by atoms with Crippen LogP contribution < -0.4 is 5.32 Å². The van der Waals surface area contributed by atoms with Gasteiger partial charge in [0.15, 0.2) is 0 Å².